The van der Waals surface area contributed by atoms with E-state index in [1.807, 2.05) is 11.7 Å². The summed E-state index contributed by atoms with van der Waals surface area (Å²) in [6.45, 7) is 8.01. The highest BCUT2D eigenvalue weighted by atomic mass is 16.5. The van der Waals surface area contributed by atoms with E-state index in [-0.39, 0.29) is 6.10 Å². The van der Waals surface area contributed by atoms with Crippen LogP contribution in [0.2, 0.25) is 0 Å². The van der Waals surface area contributed by atoms with Gasteiger partial charge >= 0.3 is 0 Å². The zero-order valence-corrected chi connectivity index (χ0v) is 15.0. The van der Waals surface area contributed by atoms with E-state index in [1.165, 1.54) is 17.7 Å². The molecular weight excluding hydrogens is 302 g/mol. The molecule has 1 aliphatic heterocycles. The Labute approximate surface area is 143 Å². The van der Waals surface area contributed by atoms with Gasteiger partial charge in [-0.1, -0.05) is 6.92 Å². The van der Waals surface area contributed by atoms with Gasteiger partial charge in [0, 0.05) is 36.9 Å². The van der Waals surface area contributed by atoms with Crippen LogP contribution in [0, 0.1) is 19.8 Å². The Morgan fingerprint density at radius 1 is 1.33 bits per heavy atom. The number of nitrogens with zero attached hydrogens (tertiary/aromatic N) is 2. The Kier molecular flexibility index (Phi) is 4.01. The third-order valence-corrected chi connectivity index (χ3v) is 5.64. The number of ether oxygens (including phenoxy) is 1. The third kappa shape index (κ3) is 2.80. The normalized spacial score (nSPS) is 29.3. The van der Waals surface area contributed by atoms with Crippen LogP contribution in [0.4, 0.5) is 0 Å². The van der Waals surface area contributed by atoms with E-state index in [0.717, 1.165) is 42.7 Å². The Morgan fingerprint density at radius 2 is 2.12 bits per heavy atom. The van der Waals surface area contributed by atoms with Crippen molar-refractivity contribution < 1.29 is 9.15 Å². The number of aryl methyl sites for hydroxylation is 2. The van der Waals surface area contributed by atoms with E-state index < -0.39 is 0 Å². The van der Waals surface area contributed by atoms with Gasteiger partial charge < -0.3 is 14.5 Å². The summed E-state index contributed by atoms with van der Waals surface area (Å²) >= 11 is 0. The highest BCUT2D eigenvalue weighted by Crippen LogP contribution is 2.47. The molecule has 130 valence electrons. The van der Waals surface area contributed by atoms with Crippen molar-refractivity contribution in [3.63, 3.8) is 0 Å². The molecule has 2 aromatic rings. The summed E-state index contributed by atoms with van der Waals surface area (Å²) in [5.41, 5.74) is 3.49. The van der Waals surface area contributed by atoms with E-state index in [2.05, 4.69) is 43.3 Å². The van der Waals surface area contributed by atoms with Crippen LogP contribution in [0.5, 0.6) is 0 Å². The fourth-order valence-corrected chi connectivity index (χ4v) is 3.92. The second-order valence-corrected chi connectivity index (χ2v) is 7.40. The smallest absolute Gasteiger partial charge is 0.117 e. The van der Waals surface area contributed by atoms with Gasteiger partial charge in [0.05, 0.1) is 12.2 Å². The van der Waals surface area contributed by atoms with Crippen molar-refractivity contribution in [1.82, 2.24) is 15.1 Å². The summed E-state index contributed by atoms with van der Waals surface area (Å²) in [5.74, 6) is 3.59. The van der Waals surface area contributed by atoms with Gasteiger partial charge in [-0.15, -0.1) is 0 Å². The minimum atomic E-state index is 0.0802. The molecule has 2 aromatic heterocycles. The Balaban J connectivity index is 1.43. The molecule has 1 N–H and O–H groups in total. The first kappa shape index (κ1) is 15.9. The summed E-state index contributed by atoms with van der Waals surface area (Å²) in [6, 6.07) is 4.56. The van der Waals surface area contributed by atoms with Crippen molar-refractivity contribution in [2.24, 2.45) is 13.0 Å². The van der Waals surface area contributed by atoms with Crippen LogP contribution in [0.1, 0.15) is 60.3 Å². The van der Waals surface area contributed by atoms with E-state index in [0.29, 0.717) is 12.0 Å². The molecule has 0 bridgehead atoms. The van der Waals surface area contributed by atoms with Crippen LogP contribution in [0.25, 0.3) is 0 Å². The topological polar surface area (TPSA) is 52.2 Å². The number of rotatable bonds is 5. The van der Waals surface area contributed by atoms with Crippen molar-refractivity contribution in [2.45, 2.75) is 58.2 Å². The molecular formula is C19H27N3O2. The van der Waals surface area contributed by atoms with Gasteiger partial charge in [-0.25, -0.2) is 0 Å². The summed E-state index contributed by atoms with van der Waals surface area (Å²) in [7, 11) is 1.99. The summed E-state index contributed by atoms with van der Waals surface area (Å²) in [5, 5.41) is 8.17. The fraction of sp³-hybridized carbons (Fsp3) is 0.632. The maximum absolute atomic E-state index is 6.04. The fourth-order valence-electron chi connectivity index (χ4n) is 3.92. The van der Waals surface area contributed by atoms with Gasteiger partial charge in [0.2, 0.25) is 0 Å². The third-order valence-electron chi connectivity index (χ3n) is 5.64. The Bertz CT molecular complexity index is 733. The Hall–Kier alpha value is -1.59. The number of nitrogens with one attached hydrogen (secondary N) is 1. The lowest BCUT2D eigenvalue weighted by molar-refractivity contribution is 0.0970. The molecule has 1 saturated heterocycles. The lowest BCUT2D eigenvalue weighted by atomic mass is 10.0. The largest absolute Gasteiger partial charge is 0.464 e. The molecule has 5 nitrogen and oxygen atoms in total. The van der Waals surface area contributed by atoms with E-state index >= 15 is 0 Å². The van der Waals surface area contributed by atoms with Gasteiger partial charge in [-0.3, -0.25) is 4.68 Å². The Morgan fingerprint density at radius 3 is 2.79 bits per heavy atom. The predicted molar refractivity (Wildman–Crippen MR) is 91.8 cm³/mol. The van der Waals surface area contributed by atoms with Crippen LogP contribution in [0.15, 0.2) is 16.5 Å². The number of furan rings is 1. The highest BCUT2D eigenvalue weighted by molar-refractivity contribution is 5.29. The number of hydrogen-bond donors (Lipinski definition) is 1. The highest BCUT2D eigenvalue weighted by Gasteiger charge is 2.37. The molecule has 0 spiro atoms. The molecule has 0 aromatic carbocycles. The lowest BCUT2D eigenvalue weighted by Gasteiger charge is -2.20. The summed E-state index contributed by atoms with van der Waals surface area (Å²) in [4.78, 5) is 0. The molecule has 1 saturated carbocycles. The van der Waals surface area contributed by atoms with Crippen molar-refractivity contribution in [2.75, 3.05) is 6.61 Å². The van der Waals surface area contributed by atoms with Crippen LogP contribution >= 0.6 is 0 Å². The standard InChI is InChI=1S/C19H27N3O2/c1-11-9-15(11)17-6-5-14(24-17)10-20-16-7-8-23-19(16)18-12(2)21-22(4)13(18)3/h5-6,11,15-16,19-20H,7-10H2,1-4H3/t11?,15?,16-,19-/m0/s1. The van der Waals surface area contributed by atoms with Crippen LogP contribution in [-0.2, 0) is 18.3 Å². The average molecular weight is 329 g/mol. The first-order valence-corrected chi connectivity index (χ1v) is 8.98. The second kappa shape index (κ2) is 6.05. The van der Waals surface area contributed by atoms with Crippen molar-refractivity contribution in [3.05, 3.63) is 40.6 Å². The van der Waals surface area contributed by atoms with Crippen molar-refractivity contribution in [3.8, 4) is 0 Å². The van der Waals surface area contributed by atoms with Gasteiger partial charge in [-0.05, 0) is 44.7 Å². The molecule has 5 heteroatoms. The molecule has 2 fully saturated rings. The summed E-state index contributed by atoms with van der Waals surface area (Å²) < 4.78 is 14.0. The lowest BCUT2D eigenvalue weighted by Crippen LogP contribution is -2.31. The first-order valence-electron chi connectivity index (χ1n) is 8.98. The molecule has 0 radical (unpaired) electrons. The van der Waals surface area contributed by atoms with Crippen LogP contribution < -0.4 is 5.32 Å². The van der Waals surface area contributed by atoms with Gasteiger partial charge in [0.15, 0.2) is 0 Å². The van der Waals surface area contributed by atoms with E-state index in [9.17, 15) is 0 Å². The van der Waals surface area contributed by atoms with Crippen LogP contribution in [0.3, 0.4) is 0 Å². The number of hydrogen-bond acceptors (Lipinski definition) is 4. The zero-order chi connectivity index (χ0) is 16.8. The first-order chi connectivity index (χ1) is 11.5. The quantitative estimate of drug-likeness (QED) is 0.914. The number of aromatic nitrogens is 2. The second-order valence-electron chi connectivity index (χ2n) is 7.40. The molecule has 3 heterocycles. The minimum Gasteiger partial charge on any atom is -0.464 e. The average Bonchev–Trinajstić information content (AvgIpc) is 2.93. The monoisotopic (exact) mass is 329 g/mol. The van der Waals surface area contributed by atoms with Gasteiger partial charge in [-0.2, -0.15) is 5.10 Å². The molecule has 0 amide bonds. The molecule has 2 unspecified atom stereocenters. The van der Waals surface area contributed by atoms with Crippen LogP contribution in [-0.4, -0.2) is 22.4 Å². The molecule has 24 heavy (non-hydrogen) atoms. The predicted octanol–water partition coefficient (Wildman–Crippen LogP) is 3.37. The summed E-state index contributed by atoms with van der Waals surface area (Å²) in [6.07, 6.45) is 2.36. The van der Waals surface area contributed by atoms with E-state index in [1.54, 1.807) is 0 Å². The maximum Gasteiger partial charge on any atom is 0.117 e. The molecule has 2 aliphatic rings. The SMILES string of the molecule is Cc1nn(C)c(C)c1[C@H]1OCC[C@@H]1NCc1ccc(C2CC2C)o1. The van der Waals surface area contributed by atoms with Crippen molar-refractivity contribution in [1.29, 1.82) is 0 Å². The van der Waals surface area contributed by atoms with Crippen molar-refractivity contribution >= 4 is 0 Å². The minimum absolute atomic E-state index is 0.0802. The molecule has 1 aliphatic carbocycles. The van der Waals surface area contributed by atoms with Gasteiger partial charge in [0.25, 0.3) is 0 Å². The molecule has 4 atom stereocenters. The van der Waals surface area contributed by atoms with Gasteiger partial charge in [0.1, 0.15) is 17.6 Å². The van der Waals surface area contributed by atoms with E-state index in [4.69, 9.17) is 9.15 Å². The zero-order valence-electron chi connectivity index (χ0n) is 15.0. The molecule has 4 rings (SSSR count). The maximum atomic E-state index is 6.04.